The molecule has 0 unspecified atom stereocenters. The van der Waals surface area contributed by atoms with Crippen molar-refractivity contribution in [2.45, 2.75) is 38.1 Å². The van der Waals surface area contributed by atoms with Crippen LogP contribution < -0.4 is 0 Å². The van der Waals surface area contributed by atoms with Crippen LogP contribution in [-0.4, -0.2) is 42.9 Å². The molecule has 0 atom stereocenters. The lowest BCUT2D eigenvalue weighted by Crippen LogP contribution is -2.65. The molecule has 0 spiro atoms. The predicted molar refractivity (Wildman–Crippen MR) is 57.5 cm³/mol. The summed E-state index contributed by atoms with van der Waals surface area (Å²) in [6.45, 7) is 9.06. The second-order valence-corrected chi connectivity index (χ2v) is 11.5. The van der Waals surface area contributed by atoms with Gasteiger partial charge >= 0.3 is 0 Å². The van der Waals surface area contributed by atoms with E-state index < -0.39 is 8.07 Å². The van der Waals surface area contributed by atoms with Crippen LogP contribution >= 0.6 is 0 Å². The Morgan fingerprint density at radius 2 is 1.85 bits per heavy atom. The Balaban J connectivity index is 1.77. The molecule has 0 aromatic rings. The van der Waals surface area contributed by atoms with Gasteiger partial charge < -0.3 is 10.0 Å². The fourth-order valence-corrected chi connectivity index (χ4v) is 3.95. The fraction of sp³-hybridized carbons (Fsp3) is 1.00. The van der Waals surface area contributed by atoms with Gasteiger partial charge in [-0.25, -0.2) is 0 Å². The lowest BCUT2D eigenvalue weighted by molar-refractivity contribution is -0.106. The topological polar surface area (TPSA) is 23.5 Å². The maximum Gasteiger partial charge on any atom is 0.0927 e. The minimum Gasteiger partial charge on any atom is -0.387 e. The standard InChI is InChI=1S/C10H21NOSi/c1-13(2,3)8-11-6-10(12,7-11)9-4-5-9/h9,12H,4-8H2,1-3H3. The van der Waals surface area contributed by atoms with Gasteiger partial charge in [-0.15, -0.1) is 0 Å². The highest BCUT2D eigenvalue weighted by atomic mass is 28.3. The number of likely N-dealkylation sites (tertiary alicyclic amines) is 1. The van der Waals surface area contributed by atoms with Gasteiger partial charge in [0.2, 0.25) is 0 Å². The average molecular weight is 199 g/mol. The lowest BCUT2D eigenvalue weighted by atomic mass is 9.89. The highest BCUT2D eigenvalue weighted by molar-refractivity contribution is 6.76. The van der Waals surface area contributed by atoms with Crippen LogP contribution in [0.4, 0.5) is 0 Å². The Morgan fingerprint density at radius 1 is 1.31 bits per heavy atom. The molecule has 13 heavy (non-hydrogen) atoms. The largest absolute Gasteiger partial charge is 0.387 e. The van der Waals surface area contributed by atoms with Gasteiger partial charge in [0.15, 0.2) is 0 Å². The van der Waals surface area contributed by atoms with E-state index >= 15 is 0 Å². The van der Waals surface area contributed by atoms with Crippen molar-refractivity contribution in [1.82, 2.24) is 4.90 Å². The first-order valence-electron chi connectivity index (χ1n) is 5.34. The Bertz CT molecular complexity index is 201. The molecule has 1 saturated heterocycles. The van der Waals surface area contributed by atoms with Crippen LogP contribution in [0.3, 0.4) is 0 Å². The highest BCUT2D eigenvalue weighted by Crippen LogP contribution is 2.44. The van der Waals surface area contributed by atoms with Crippen LogP contribution in [0.1, 0.15) is 12.8 Å². The van der Waals surface area contributed by atoms with Crippen LogP contribution in [0.5, 0.6) is 0 Å². The molecule has 1 aliphatic heterocycles. The molecule has 2 nitrogen and oxygen atoms in total. The molecule has 0 aromatic heterocycles. The number of aliphatic hydroxyl groups is 1. The van der Waals surface area contributed by atoms with Crippen LogP contribution in [-0.2, 0) is 0 Å². The van der Waals surface area contributed by atoms with Crippen LogP contribution in [0.15, 0.2) is 0 Å². The average Bonchev–Trinajstić information content (AvgIpc) is 2.59. The first kappa shape index (κ1) is 9.68. The Hall–Kier alpha value is 0.137. The van der Waals surface area contributed by atoms with Crippen molar-refractivity contribution in [3.05, 3.63) is 0 Å². The van der Waals surface area contributed by atoms with E-state index in [-0.39, 0.29) is 5.60 Å². The molecule has 1 heterocycles. The minimum absolute atomic E-state index is 0.278. The molecule has 0 amide bonds. The van der Waals surface area contributed by atoms with Crippen LogP contribution in [0.25, 0.3) is 0 Å². The smallest absolute Gasteiger partial charge is 0.0927 e. The molecule has 3 heteroatoms. The van der Waals surface area contributed by atoms with Gasteiger partial charge in [0.05, 0.1) is 13.7 Å². The summed E-state index contributed by atoms with van der Waals surface area (Å²) < 4.78 is 0. The third kappa shape index (κ3) is 2.14. The lowest BCUT2D eigenvalue weighted by Gasteiger charge is -2.49. The molecule has 1 aliphatic carbocycles. The summed E-state index contributed by atoms with van der Waals surface area (Å²) in [5.74, 6) is 0.644. The second kappa shape index (κ2) is 2.81. The second-order valence-electron chi connectivity index (χ2n) is 6.08. The third-order valence-electron chi connectivity index (χ3n) is 3.03. The maximum absolute atomic E-state index is 10.1. The molecule has 1 saturated carbocycles. The molecule has 2 aliphatic rings. The van der Waals surface area contributed by atoms with Crippen LogP contribution in [0.2, 0.25) is 19.6 Å². The van der Waals surface area contributed by atoms with Crippen molar-refractivity contribution in [1.29, 1.82) is 0 Å². The molecule has 0 radical (unpaired) electrons. The summed E-state index contributed by atoms with van der Waals surface area (Å²) in [4.78, 5) is 2.44. The van der Waals surface area contributed by atoms with Gasteiger partial charge in [0, 0.05) is 13.1 Å². The number of hydrogen-bond donors (Lipinski definition) is 1. The Labute approximate surface area is 81.9 Å². The number of β-amino-alcohol motifs (C(OH)–C–C–N with tert-alkyl or cyclic N) is 1. The zero-order chi connectivity index (χ0) is 9.69. The van der Waals surface area contributed by atoms with Crippen molar-refractivity contribution in [3.8, 4) is 0 Å². The van der Waals surface area contributed by atoms with E-state index in [4.69, 9.17) is 0 Å². The monoisotopic (exact) mass is 199 g/mol. The summed E-state index contributed by atoms with van der Waals surface area (Å²) in [6.07, 6.45) is 3.77. The minimum atomic E-state index is -0.952. The highest BCUT2D eigenvalue weighted by Gasteiger charge is 2.52. The van der Waals surface area contributed by atoms with Crippen molar-refractivity contribution >= 4 is 8.07 Å². The van der Waals surface area contributed by atoms with Crippen molar-refractivity contribution in [2.24, 2.45) is 5.92 Å². The van der Waals surface area contributed by atoms with Gasteiger partial charge in [0.25, 0.3) is 0 Å². The molecule has 76 valence electrons. The summed E-state index contributed by atoms with van der Waals surface area (Å²) >= 11 is 0. The normalized spacial score (nSPS) is 28.6. The molecule has 0 aromatic carbocycles. The SMILES string of the molecule is C[Si](C)(C)CN1CC(O)(C2CC2)C1. The molecule has 2 fully saturated rings. The van der Waals surface area contributed by atoms with Gasteiger partial charge in [-0.2, -0.15) is 0 Å². The molecular formula is C10H21NOSi. The third-order valence-corrected chi connectivity index (χ3v) is 4.43. The fourth-order valence-electron chi connectivity index (χ4n) is 2.39. The van der Waals surface area contributed by atoms with E-state index in [0.29, 0.717) is 5.92 Å². The van der Waals surface area contributed by atoms with E-state index in [2.05, 4.69) is 24.5 Å². The summed E-state index contributed by atoms with van der Waals surface area (Å²) in [6, 6.07) is 0. The quantitative estimate of drug-likeness (QED) is 0.693. The van der Waals surface area contributed by atoms with E-state index in [1.807, 2.05) is 0 Å². The maximum atomic E-state index is 10.1. The predicted octanol–water partition coefficient (Wildman–Crippen LogP) is 1.32. The molecule has 2 rings (SSSR count). The van der Waals surface area contributed by atoms with Crippen LogP contribution in [0, 0.1) is 5.92 Å². The van der Waals surface area contributed by atoms with E-state index in [1.165, 1.54) is 19.0 Å². The summed E-state index contributed by atoms with van der Waals surface area (Å²) in [7, 11) is -0.952. The van der Waals surface area contributed by atoms with Gasteiger partial charge in [-0.1, -0.05) is 19.6 Å². The molecule has 0 bridgehead atoms. The summed E-state index contributed by atoms with van der Waals surface area (Å²) in [5.41, 5.74) is -0.278. The van der Waals surface area contributed by atoms with E-state index in [1.54, 1.807) is 0 Å². The first-order chi connectivity index (χ1) is 5.89. The Kier molecular flexibility index (Phi) is 2.09. The van der Waals surface area contributed by atoms with Gasteiger partial charge in [-0.05, 0) is 24.9 Å². The zero-order valence-corrected chi connectivity index (χ0v) is 10.0. The zero-order valence-electron chi connectivity index (χ0n) is 9.01. The first-order valence-corrected chi connectivity index (χ1v) is 9.05. The van der Waals surface area contributed by atoms with Crippen molar-refractivity contribution < 1.29 is 5.11 Å². The molecule has 1 N–H and O–H groups in total. The number of nitrogens with zero attached hydrogens (tertiary/aromatic N) is 1. The number of rotatable bonds is 3. The Morgan fingerprint density at radius 3 is 2.23 bits per heavy atom. The summed E-state index contributed by atoms with van der Waals surface area (Å²) in [5, 5.41) is 10.1. The van der Waals surface area contributed by atoms with Crippen molar-refractivity contribution in [2.75, 3.05) is 19.3 Å². The molecular weight excluding hydrogens is 178 g/mol. The van der Waals surface area contributed by atoms with E-state index in [0.717, 1.165) is 13.1 Å². The van der Waals surface area contributed by atoms with Gasteiger partial charge in [-0.3, -0.25) is 0 Å². The van der Waals surface area contributed by atoms with E-state index in [9.17, 15) is 5.11 Å². The van der Waals surface area contributed by atoms with Gasteiger partial charge in [0.1, 0.15) is 0 Å². The number of hydrogen-bond acceptors (Lipinski definition) is 2. The van der Waals surface area contributed by atoms with Crippen molar-refractivity contribution in [3.63, 3.8) is 0 Å².